The van der Waals surface area contributed by atoms with Crippen molar-refractivity contribution in [2.24, 2.45) is 5.92 Å². The van der Waals surface area contributed by atoms with Crippen molar-refractivity contribution in [2.45, 2.75) is 39.2 Å². The number of anilines is 1. The second-order valence-corrected chi connectivity index (χ2v) is 6.90. The summed E-state index contributed by atoms with van der Waals surface area (Å²) >= 11 is 1.65. The van der Waals surface area contributed by atoms with Crippen molar-refractivity contribution in [3.05, 3.63) is 46.2 Å². The Kier molecular flexibility index (Phi) is 3.74. The third-order valence-corrected chi connectivity index (χ3v) is 4.63. The van der Waals surface area contributed by atoms with Crippen molar-refractivity contribution in [3.8, 4) is 0 Å². The maximum Gasteiger partial charge on any atom is 0.183 e. The summed E-state index contributed by atoms with van der Waals surface area (Å²) in [5.74, 6) is 0.651. The van der Waals surface area contributed by atoms with Gasteiger partial charge in [0.2, 0.25) is 0 Å². The molecule has 106 valence electrons. The lowest BCUT2D eigenvalue weighted by Crippen LogP contribution is -2.12. The quantitative estimate of drug-likeness (QED) is 0.851. The average molecular weight is 290 g/mol. The summed E-state index contributed by atoms with van der Waals surface area (Å²) in [7, 11) is 0. The molecule has 1 N–H and O–H groups in total. The number of hydrogen-bond acceptors (Lipinski definition) is 3. The molecule has 1 saturated carbocycles. The monoisotopic (exact) mass is 290 g/mol. The predicted octanol–water partition coefficient (Wildman–Crippen LogP) is 4.85. The molecule has 0 saturated heterocycles. The highest BCUT2D eigenvalue weighted by Gasteiger charge is 2.27. The van der Waals surface area contributed by atoms with Crippen LogP contribution < -0.4 is 5.32 Å². The number of aryl methyl sites for hydroxylation is 2. The van der Waals surface area contributed by atoms with E-state index in [0.29, 0.717) is 5.56 Å². The van der Waals surface area contributed by atoms with Gasteiger partial charge in [0.25, 0.3) is 0 Å². The van der Waals surface area contributed by atoms with Crippen LogP contribution in [0.4, 0.5) is 9.52 Å². The van der Waals surface area contributed by atoms with E-state index < -0.39 is 0 Å². The molecule has 1 fully saturated rings. The molecule has 2 nitrogen and oxygen atoms in total. The third kappa shape index (κ3) is 3.18. The Labute approximate surface area is 123 Å². The van der Waals surface area contributed by atoms with Gasteiger partial charge in [-0.2, -0.15) is 0 Å². The fourth-order valence-electron chi connectivity index (χ4n) is 2.36. The lowest BCUT2D eigenvalue weighted by Gasteiger charge is -2.19. The third-order valence-electron chi connectivity index (χ3n) is 3.78. The van der Waals surface area contributed by atoms with Crippen LogP contribution in [0.15, 0.2) is 24.4 Å². The topological polar surface area (TPSA) is 24.9 Å². The molecule has 20 heavy (non-hydrogen) atoms. The van der Waals surface area contributed by atoms with Gasteiger partial charge >= 0.3 is 0 Å². The SMILES string of the molecule is Cc1cnc(NC(CC2CC2)c2ccc(C)c(F)c2)s1. The van der Waals surface area contributed by atoms with Gasteiger partial charge in [0.1, 0.15) is 5.82 Å². The van der Waals surface area contributed by atoms with Crippen LogP contribution in [0.3, 0.4) is 0 Å². The molecular formula is C16H19FN2S. The van der Waals surface area contributed by atoms with Crippen molar-refractivity contribution in [2.75, 3.05) is 5.32 Å². The van der Waals surface area contributed by atoms with Crippen LogP contribution in [0.25, 0.3) is 0 Å². The zero-order valence-corrected chi connectivity index (χ0v) is 12.6. The lowest BCUT2D eigenvalue weighted by molar-refractivity contribution is 0.598. The van der Waals surface area contributed by atoms with E-state index in [1.807, 2.05) is 25.3 Å². The Morgan fingerprint density at radius 1 is 1.40 bits per heavy atom. The number of aromatic nitrogens is 1. The Morgan fingerprint density at radius 2 is 2.20 bits per heavy atom. The molecule has 4 heteroatoms. The van der Waals surface area contributed by atoms with E-state index in [1.165, 1.54) is 17.7 Å². The Morgan fingerprint density at radius 3 is 2.80 bits per heavy atom. The van der Waals surface area contributed by atoms with E-state index >= 15 is 0 Å². The van der Waals surface area contributed by atoms with Gasteiger partial charge in [-0.25, -0.2) is 9.37 Å². The summed E-state index contributed by atoms with van der Waals surface area (Å²) in [6.45, 7) is 3.84. The van der Waals surface area contributed by atoms with Crippen LogP contribution in [0.5, 0.6) is 0 Å². The van der Waals surface area contributed by atoms with Crippen LogP contribution in [-0.2, 0) is 0 Å². The standard InChI is InChI=1S/C16H19FN2S/c1-10-3-6-13(8-14(10)17)15(7-12-4-5-12)19-16-18-9-11(2)20-16/h3,6,8-9,12,15H,4-5,7H2,1-2H3,(H,18,19). The molecule has 3 rings (SSSR count). The van der Waals surface area contributed by atoms with Crippen LogP contribution in [-0.4, -0.2) is 4.98 Å². The number of hydrogen-bond donors (Lipinski definition) is 1. The number of halogens is 1. The van der Waals surface area contributed by atoms with Crippen LogP contribution in [0.1, 0.15) is 41.3 Å². The van der Waals surface area contributed by atoms with Gasteiger partial charge in [0.15, 0.2) is 5.13 Å². The Bertz CT molecular complexity index is 604. The molecule has 1 atom stereocenters. The minimum atomic E-state index is -0.125. The maximum absolute atomic E-state index is 13.8. The molecule has 2 aromatic rings. The summed E-state index contributed by atoms with van der Waals surface area (Å²) in [5, 5.41) is 4.40. The van der Waals surface area contributed by atoms with Gasteiger partial charge in [-0.15, -0.1) is 11.3 Å². The number of nitrogens with zero attached hydrogens (tertiary/aromatic N) is 1. The zero-order chi connectivity index (χ0) is 14.1. The second-order valence-electron chi connectivity index (χ2n) is 5.66. The summed E-state index contributed by atoms with van der Waals surface area (Å²) in [6, 6.07) is 5.71. The first-order valence-electron chi connectivity index (χ1n) is 7.07. The summed E-state index contributed by atoms with van der Waals surface area (Å²) in [4.78, 5) is 5.55. The van der Waals surface area contributed by atoms with Gasteiger partial charge in [0, 0.05) is 11.1 Å². The van der Waals surface area contributed by atoms with Crippen molar-refractivity contribution in [1.82, 2.24) is 4.98 Å². The van der Waals surface area contributed by atoms with Gasteiger partial charge in [-0.1, -0.05) is 25.0 Å². The molecule has 1 unspecified atom stereocenters. The van der Waals surface area contributed by atoms with Crippen LogP contribution in [0, 0.1) is 25.6 Å². The first-order valence-corrected chi connectivity index (χ1v) is 7.88. The van der Waals surface area contributed by atoms with Gasteiger partial charge in [-0.05, 0) is 43.4 Å². The highest BCUT2D eigenvalue weighted by Crippen LogP contribution is 2.39. The van der Waals surface area contributed by atoms with E-state index in [4.69, 9.17) is 0 Å². The van der Waals surface area contributed by atoms with E-state index in [1.54, 1.807) is 24.3 Å². The van der Waals surface area contributed by atoms with Crippen LogP contribution >= 0.6 is 11.3 Å². The molecule has 0 spiro atoms. The molecule has 1 aromatic carbocycles. The van der Waals surface area contributed by atoms with Crippen molar-refractivity contribution < 1.29 is 4.39 Å². The largest absolute Gasteiger partial charge is 0.355 e. The molecule has 0 bridgehead atoms. The smallest absolute Gasteiger partial charge is 0.183 e. The van der Waals surface area contributed by atoms with Gasteiger partial charge < -0.3 is 5.32 Å². The fourth-order valence-corrected chi connectivity index (χ4v) is 3.08. The fraction of sp³-hybridized carbons (Fsp3) is 0.438. The average Bonchev–Trinajstić information content (AvgIpc) is 3.14. The van der Waals surface area contributed by atoms with E-state index in [0.717, 1.165) is 23.0 Å². The highest BCUT2D eigenvalue weighted by atomic mass is 32.1. The number of rotatable bonds is 5. The first-order chi connectivity index (χ1) is 9.61. The lowest BCUT2D eigenvalue weighted by atomic mass is 10.00. The summed E-state index contributed by atoms with van der Waals surface area (Å²) < 4.78 is 13.8. The summed E-state index contributed by atoms with van der Waals surface area (Å²) in [6.07, 6.45) is 5.52. The molecular weight excluding hydrogens is 271 g/mol. The van der Waals surface area contributed by atoms with E-state index in [9.17, 15) is 4.39 Å². The molecule has 0 amide bonds. The predicted molar refractivity (Wildman–Crippen MR) is 81.7 cm³/mol. The molecule has 1 aliphatic carbocycles. The first kappa shape index (κ1) is 13.6. The Balaban J connectivity index is 1.82. The maximum atomic E-state index is 13.8. The number of thiazole rings is 1. The molecule has 1 aromatic heterocycles. The minimum absolute atomic E-state index is 0.125. The highest BCUT2D eigenvalue weighted by molar-refractivity contribution is 7.15. The van der Waals surface area contributed by atoms with Gasteiger partial charge in [0.05, 0.1) is 6.04 Å². The number of benzene rings is 1. The van der Waals surface area contributed by atoms with Gasteiger partial charge in [-0.3, -0.25) is 0 Å². The van der Waals surface area contributed by atoms with Crippen LogP contribution in [0.2, 0.25) is 0 Å². The van der Waals surface area contributed by atoms with Crippen molar-refractivity contribution in [3.63, 3.8) is 0 Å². The Hall–Kier alpha value is -1.42. The van der Waals surface area contributed by atoms with Crippen molar-refractivity contribution in [1.29, 1.82) is 0 Å². The van der Waals surface area contributed by atoms with E-state index in [-0.39, 0.29) is 11.9 Å². The number of nitrogens with one attached hydrogen (secondary N) is 1. The minimum Gasteiger partial charge on any atom is -0.355 e. The summed E-state index contributed by atoms with van der Waals surface area (Å²) in [5.41, 5.74) is 1.72. The molecule has 1 aliphatic rings. The molecule has 1 heterocycles. The van der Waals surface area contributed by atoms with Crippen molar-refractivity contribution >= 4 is 16.5 Å². The normalized spacial score (nSPS) is 16.1. The van der Waals surface area contributed by atoms with E-state index in [2.05, 4.69) is 10.3 Å². The molecule has 0 radical (unpaired) electrons. The second kappa shape index (κ2) is 5.52. The molecule has 0 aliphatic heterocycles. The zero-order valence-electron chi connectivity index (χ0n) is 11.8.